The van der Waals surface area contributed by atoms with Gasteiger partial charge in [0.05, 0.1) is 34.0 Å². The Kier molecular flexibility index (Phi) is 5.01. The summed E-state index contributed by atoms with van der Waals surface area (Å²) in [5, 5.41) is 5.91. The van der Waals surface area contributed by atoms with Gasteiger partial charge >= 0.3 is 0 Å². The van der Waals surface area contributed by atoms with Gasteiger partial charge in [0.25, 0.3) is 0 Å². The van der Waals surface area contributed by atoms with Crippen LogP contribution in [0.4, 0.5) is 5.82 Å². The highest BCUT2D eigenvalue weighted by molar-refractivity contribution is 9.10. The molecule has 5 aromatic rings. The molecule has 0 saturated heterocycles. The number of aryl methyl sites for hydroxylation is 1. The van der Waals surface area contributed by atoms with Crippen molar-refractivity contribution >= 4 is 56.3 Å². The zero-order valence-corrected chi connectivity index (χ0v) is 20.3. The molecule has 2 aromatic carbocycles. The third-order valence-electron chi connectivity index (χ3n) is 6.05. The van der Waals surface area contributed by atoms with Gasteiger partial charge in [-0.15, -0.1) is 11.3 Å². The third kappa shape index (κ3) is 3.43. The average Bonchev–Trinajstić information content (AvgIpc) is 3.52. The molecule has 8 heteroatoms. The lowest BCUT2D eigenvalue weighted by atomic mass is 9.88. The molecule has 1 atom stereocenters. The van der Waals surface area contributed by atoms with Crippen molar-refractivity contribution < 1.29 is 0 Å². The topological polar surface area (TPSA) is 61.4 Å². The van der Waals surface area contributed by atoms with Crippen LogP contribution in [-0.2, 0) is 6.42 Å². The van der Waals surface area contributed by atoms with E-state index >= 15 is 0 Å². The van der Waals surface area contributed by atoms with Gasteiger partial charge in [-0.3, -0.25) is 4.57 Å². The lowest BCUT2D eigenvalue weighted by Gasteiger charge is -2.27. The van der Waals surface area contributed by atoms with Crippen molar-refractivity contribution in [1.29, 1.82) is 0 Å². The average molecular weight is 522 g/mol. The lowest BCUT2D eigenvalue weighted by Crippen LogP contribution is -2.17. The van der Waals surface area contributed by atoms with Gasteiger partial charge in [-0.05, 0) is 82.8 Å². The van der Waals surface area contributed by atoms with E-state index in [4.69, 9.17) is 12.2 Å². The Bertz CT molecular complexity index is 1490. The third-order valence-corrected chi connectivity index (χ3v) is 8.03. The summed E-state index contributed by atoms with van der Waals surface area (Å²) >= 11 is 11.1. The summed E-state index contributed by atoms with van der Waals surface area (Å²) in [5.41, 5.74) is 6.78. The van der Waals surface area contributed by atoms with E-state index < -0.39 is 0 Å². The molecule has 3 heterocycles. The largest absolute Gasteiger partial charge is 0.363 e. The molecule has 1 unspecified atom stereocenters. The standard InChI is InChI=1S/C24H20BrN5S2/c25-15-10-21(32-12-15)22-23(28-18-7-3-5-14-4-1-2-6-17(14)18)29-24(31)30(22)16-8-9-19-20(11-16)27-13-26-19/h1-2,4,6,8-13,18,28H,3,5,7H2,(H,26,27)(H,29,31). The van der Waals surface area contributed by atoms with Crippen LogP contribution < -0.4 is 5.32 Å². The van der Waals surface area contributed by atoms with Gasteiger partial charge in [-0.1, -0.05) is 24.3 Å². The Labute approximate surface area is 202 Å². The molecule has 0 aliphatic heterocycles. The van der Waals surface area contributed by atoms with Crippen LogP contribution in [0.25, 0.3) is 27.3 Å². The van der Waals surface area contributed by atoms with Gasteiger partial charge in [0, 0.05) is 9.85 Å². The van der Waals surface area contributed by atoms with E-state index in [0.29, 0.717) is 4.77 Å². The van der Waals surface area contributed by atoms with Crippen LogP contribution in [0.15, 0.2) is 64.7 Å². The highest BCUT2D eigenvalue weighted by Crippen LogP contribution is 2.40. The lowest BCUT2D eigenvalue weighted by molar-refractivity contribution is 0.599. The van der Waals surface area contributed by atoms with Crippen molar-refractivity contribution in [3.63, 3.8) is 0 Å². The Morgan fingerprint density at radius 1 is 1.19 bits per heavy atom. The van der Waals surface area contributed by atoms with Crippen LogP contribution >= 0.6 is 39.5 Å². The molecular formula is C24H20BrN5S2. The second-order valence-corrected chi connectivity index (χ2v) is 10.2. The first-order chi connectivity index (χ1) is 15.7. The zero-order chi connectivity index (χ0) is 21.7. The highest BCUT2D eigenvalue weighted by Gasteiger charge is 2.24. The number of halogens is 1. The normalized spacial score (nSPS) is 15.7. The number of rotatable bonds is 4. The molecule has 1 aliphatic rings. The summed E-state index contributed by atoms with van der Waals surface area (Å²) in [7, 11) is 0. The number of aromatic amines is 2. The molecule has 0 fully saturated rings. The summed E-state index contributed by atoms with van der Waals surface area (Å²) in [5.74, 6) is 0.954. The Balaban J connectivity index is 1.50. The van der Waals surface area contributed by atoms with Crippen molar-refractivity contribution in [1.82, 2.24) is 19.5 Å². The molecule has 0 saturated carbocycles. The van der Waals surface area contributed by atoms with E-state index in [0.717, 1.165) is 50.4 Å². The van der Waals surface area contributed by atoms with Gasteiger partial charge in [0.1, 0.15) is 11.5 Å². The van der Waals surface area contributed by atoms with Crippen LogP contribution in [0, 0.1) is 4.77 Å². The van der Waals surface area contributed by atoms with Gasteiger partial charge in [-0.2, -0.15) is 0 Å². The van der Waals surface area contributed by atoms with Crippen LogP contribution in [0.1, 0.15) is 30.0 Å². The predicted octanol–water partition coefficient (Wildman–Crippen LogP) is 7.39. The van der Waals surface area contributed by atoms with E-state index in [2.05, 4.69) is 88.6 Å². The molecule has 6 rings (SSSR count). The van der Waals surface area contributed by atoms with E-state index in [1.807, 2.05) is 6.07 Å². The predicted molar refractivity (Wildman–Crippen MR) is 137 cm³/mol. The summed E-state index contributed by atoms with van der Waals surface area (Å²) in [4.78, 5) is 12.2. The fourth-order valence-corrected chi connectivity index (χ4v) is 6.36. The van der Waals surface area contributed by atoms with Gasteiger partial charge in [0.15, 0.2) is 4.77 Å². The van der Waals surface area contributed by atoms with Gasteiger partial charge in [0.2, 0.25) is 0 Å². The Hall–Kier alpha value is -2.68. The van der Waals surface area contributed by atoms with Crippen molar-refractivity contribution in [2.75, 3.05) is 5.32 Å². The number of imidazole rings is 2. The quantitative estimate of drug-likeness (QED) is 0.216. The van der Waals surface area contributed by atoms with E-state index in [1.54, 1.807) is 17.7 Å². The molecule has 32 heavy (non-hydrogen) atoms. The molecular weight excluding hydrogens is 502 g/mol. The number of aromatic nitrogens is 4. The maximum atomic E-state index is 5.83. The number of nitrogens with zero attached hydrogens (tertiary/aromatic N) is 2. The molecule has 160 valence electrons. The second-order valence-electron chi connectivity index (χ2n) is 8.01. The maximum absolute atomic E-state index is 5.83. The number of fused-ring (bicyclic) bond motifs is 2. The van der Waals surface area contributed by atoms with Gasteiger partial charge in [-0.25, -0.2) is 4.98 Å². The van der Waals surface area contributed by atoms with E-state index in [9.17, 15) is 0 Å². The first kappa shape index (κ1) is 20.0. The number of hydrogen-bond donors (Lipinski definition) is 3. The summed E-state index contributed by atoms with van der Waals surface area (Å²) < 4.78 is 3.84. The number of H-pyrrole nitrogens is 2. The van der Waals surface area contributed by atoms with Crippen LogP contribution in [0.5, 0.6) is 0 Å². The fourth-order valence-electron chi connectivity index (χ4n) is 4.60. The number of anilines is 1. The van der Waals surface area contributed by atoms with Gasteiger partial charge < -0.3 is 15.3 Å². The number of hydrogen-bond acceptors (Lipinski definition) is 4. The van der Waals surface area contributed by atoms with Crippen molar-refractivity contribution in [2.24, 2.45) is 0 Å². The van der Waals surface area contributed by atoms with Crippen molar-refractivity contribution in [3.05, 3.63) is 80.6 Å². The monoisotopic (exact) mass is 521 g/mol. The molecule has 5 nitrogen and oxygen atoms in total. The van der Waals surface area contributed by atoms with E-state index in [-0.39, 0.29) is 6.04 Å². The molecule has 0 amide bonds. The SMILES string of the molecule is S=c1[nH]c(NC2CCCc3ccccc32)c(-c2cc(Br)cs2)n1-c1ccc2nc[nH]c2c1. The minimum Gasteiger partial charge on any atom is -0.363 e. The van der Waals surface area contributed by atoms with Crippen LogP contribution in [0.3, 0.4) is 0 Å². The summed E-state index contributed by atoms with van der Waals surface area (Å²) in [6.45, 7) is 0. The molecule has 0 bridgehead atoms. The molecule has 3 aromatic heterocycles. The van der Waals surface area contributed by atoms with Crippen molar-refractivity contribution in [2.45, 2.75) is 25.3 Å². The molecule has 1 aliphatic carbocycles. The number of thiophene rings is 1. The fraction of sp³-hybridized carbons (Fsp3) is 0.167. The number of benzene rings is 2. The minimum absolute atomic E-state index is 0.249. The molecule has 0 spiro atoms. The van der Waals surface area contributed by atoms with Crippen molar-refractivity contribution in [3.8, 4) is 16.3 Å². The first-order valence-electron chi connectivity index (χ1n) is 10.5. The molecule has 3 N–H and O–H groups in total. The maximum Gasteiger partial charge on any atom is 0.183 e. The summed E-state index contributed by atoms with van der Waals surface area (Å²) in [6.07, 6.45) is 5.12. The van der Waals surface area contributed by atoms with Crippen LogP contribution in [0.2, 0.25) is 0 Å². The first-order valence-corrected chi connectivity index (χ1v) is 12.6. The second kappa shape index (κ2) is 8.03. The smallest absolute Gasteiger partial charge is 0.183 e. The summed E-state index contributed by atoms with van der Waals surface area (Å²) in [6, 6.07) is 17.3. The van der Waals surface area contributed by atoms with E-state index in [1.165, 1.54) is 17.5 Å². The zero-order valence-electron chi connectivity index (χ0n) is 17.1. The molecule has 0 radical (unpaired) electrons. The Morgan fingerprint density at radius 2 is 2.09 bits per heavy atom. The number of nitrogens with one attached hydrogen (secondary N) is 3. The minimum atomic E-state index is 0.249. The Morgan fingerprint density at radius 3 is 2.97 bits per heavy atom. The highest BCUT2D eigenvalue weighted by atomic mass is 79.9. The van der Waals surface area contributed by atoms with Crippen LogP contribution in [-0.4, -0.2) is 19.5 Å².